The molecule has 2 aliphatic rings. The Hall–Kier alpha value is -1.41. The summed E-state index contributed by atoms with van der Waals surface area (Å²) >= 11 is 0. The van der Waals surface area contributed by atoms with Gasteiger partial charge in [0.05, 0.1) is 11.0 Å². The van der Waals surface area contributed by atoms with Crippen molar-refractivity contribution in [1.82, 2.24) is 0 Å². The van der Waals surface area contributed by atoms with Gasteiger partial charge in [0.25, 0.3) is 0 Å². The Morgan fingerprint density at radius 3 is 2.07 bits per heavy atom. The molecule has 0 radical (unpaired) electrons. The van der Waals surface area contributed by atoms with E-state index in [0.29, 0.717) is 0 Å². The van der Waals surface area contributed by atoms with Crippen LogP contribution in [0.5, 0.6) is 0 Å². The van der Waals surface area contributed by atoms with Gasteiger partial charge in [0, 0.05) is 17.3 Å². The van der Waals surface area contributed by atoms with Gasteiger partial charge in [-0.1, -0.05) is 89.8 Å². The topological polar surface area (TPSA) is 37.3 Å². The third-order valence-electron chi connectivity index (χ3n) is 7.89. The SMILES string of the molecule is CCCCC1C(=O)C2(C)C(=Cc3ccccc3)C(CCCC)C1(O)C2(C)C. The van der Waals surface area contributed by atoms with E-state index in [0.717, 1.165) is 49.7 Å². The summed E-state index contributed by atoms with van der Waals surface area (Å²) in [4.78, 5) is 13.6. The van der Waals surface area contributed by atoms with Crippen LogP contribution in [0.1, 0.15) is 78.7 Å². The number of carbonyl (C=O) groups is 1. The molecule has 2 nitrogen and oxygen atoms in total. The zero-order valence-electron chi connectivity index (χ0n) is 17.7. The van der Waals surface area contributed by atoms with Crippen molar-refractivity contribution in [2.75, 3.05) is 0 Å². The fraction of sp³-hybridized carbons (Fsp3) is 0.640. The summed E-state index contributed by atoms with van der Waals surface area (Å²) in [6.45, 7) is 10.7. The van der Waals surface area contributed by atoms with E-state index in [2.05, 4.69) is 52.8 Å². The summed E-state index contributed by atoms with van der Waals surface area (Å²) in [7, 11) is 0. The molecule has 2 bridgehead atoms. The third-order valence-corrected chi connectivity index (χ3v) is 7.89. The molecule has 0 aliphatic heterocycles. The fourth-order valence-corrected chi connectivity index (χ4v) is 5.98. The Labute approximate surface area is 165 Å². The molecular formula is C25H36O2. The molecule has 0 amide bonds. The Bertz CT molecular complexity index is 717. The zero-order valence-corrected chi connectivity index (χ0v) is 17.7. The maximum absolute atomic E-state index is 13.6. The summed E-state index contributed by atoms with van der Waals surface area (Å²) < 4.78 is 0. The highest BCUT2D eigenvalue weighted by Crippen LogP contribution is 2.74. The van der Waals surface area contributed by atoms with Crippen LogP contribution in [0.2, 0.25) is 0 Å². The van der Waals surface area contributed by atoms with Crippen molar-refractivity contribution in [3.05, 3.63) is 41.5 Å². The lowest BCUT2D eigenvalue weighted by molar-refractivity contribution is -0.135. The van der Waals surface area contributed by atoms with Crippen molar-refractivity contribution < 1.29 is 9.90 Å². The molecule has 0 saturated heterocycles. The highest BCUT2D eigenvalue weighted by Gasteiger charge is 2.79. The standard InChI is InChI=1S/C25H36O2/c1-6-8-15-19-21(17-18-13-11-10-12-14-18)24(5)22(26)20(16-9-7-2)25(19,27)23(24,3)4/h10-14,17,19-20,27H,6-9,15-16H2,1-5H3. The predicted octanol–water partition coefficient (Wildman–Crippen LogP) is 6.04. The molecule has 2 heteroatoms. The smallest absolute Gasteiger partial charge is 0.149 e. The number of hydrogen-bond donors (Lipinski definition) is 1. The van der Waals surface area contributed by atoms with Crippen LogP contribution in [0.3, 0.4) is 0 Å². The molecule has 0 aromatic heterocycles. The van der Waals surface area contributed by atoms with Gasteiger partial charge in [-0.25, -0.2) is 0 Å². The van der Waals surface area contributed by atoms with Gasteiger partial charge >= 0.3 is 0 Å². The molecule has 1 aromatic rings. The van der Waals surface area contributed by atoms with Crippen molar-refractivity contribution in [3.8, 4) is 0 Å². The Morgan fingerprint density at radius 1 is 0.963 bits per heavy atom. The van der Waals surface area contributed by atoms with Crippen LogP contribution >= 0.6 is 0 Å². The predicted molar refractivity (Wildman–Crippen MR) is 112 cm³/mol. The molecular weight excluding hydrogens is 332 g/mol. The van der Waals surface area contributed by atoms with Gasteiger partial charge in [-0.3, -0.25) is 4.79 Å². The number of benzene rings is 1. The molecule has 0 heterocycles. The molecule has 1 aromatic carbocycles. The second-order valence-electron chi connectivity index (χ2n) is 9.34. The molecule has 27 heavy (non-hydrogen) atoms. The first-order chi connectivity index (χ1) is 12.8. The van der Waals surface area contributed by atoms with Crippen LogP contribution in [0, 0.1) is 22.7 Å². The lowest BCUT2D eigenvalue weighted by Crippen LogP contribution is -2.50. The Kier molecular flexibility index (Phi) is 5.42. The number of hydrogen-bond acceptors (Lipinski definition) is 2. The summed E-state index contributed by atoms with van der Waals surface area (Å²) in [5, 5.41) is 12.2. The first-order valence-corrected chi connectivity index (χ1v) is 10.8. The Morgan fingerprint density at radius 2 is 1.52 bits per heavy atom. The second kappa shape index (κ2) is 7.20. The minimum atomic E-state index is -0.941. The molecule has 2 saturated carbocycles. The van der Waals surface area contributed by atoms with Crippen molar-refractivity contribution >= 4 is 11.9 Å². The number of rotatable bonds is 7. The monoisotopic (exact) mass is 368 g/mol. The average Bonchev–Trinajstić information content (AvgIpc) is 2.85. The van der Waals surface area contributed by atoms with E-state index in [9.17, 15) is 9.90 Å². The zero-order chi connectivity index (χ0) is 19.9. The number of ketones is 1. The van der Waals surface area contributed by atoms with Gasteiger partial charge < -0.3 is 5.11 Å². The molecule has 1 N–H and O–H groups in total. The van der Waals surface area contributed by atoms with Crippen LogP contribution in [-0.2, 0) is 4.79 Å². The van der Waals surface area contributed by atoms with E-state index in [1.54, 1.807) is 0 Å². The van der Waals surface area contributed by atoms with E-state index < -0.39 is 16.4 Å². The fourth-order valence-electron chi connectivity index (χ4n) is 5.98. The van der Waals surface area contributed by atoms with Gasteiger partial charge in [-0.05, 0) is 30.9 Å². The minimum Gasteiger partial charge on any atom is -0.388 e. The molecule has 2 fully saturated rings. The van der Waals surface area contributed by atoms with E-state index in [1.807, 2.05) is 18.2 Å². The van der Waals surface area contributed by atoms with Crippen LogP contribution in [0.4, 0.5) is 0 Å². The van der Waals surface area contributed by atoms with Crippen LogP contribution < -0.4 is 0 Å². The molecule has 148 valence electrons. The lowest BCUT2D eigenvalue weighted by atomic mass is 9.66. The third kappa shape index (κ3) is 2.67. The second-order valence-corrected chi connectivity index (χ2v) is 9.34. The minimum absolute atomic E-state index is 0.0669. The summed E-state index contributed by atoms with van der Waals surface area (Å²) in [6, 6.07) is 10.3. The first kappa shape index (κ1) is 20.3. The van der Waals surface area contributed by atoms with Crippen LogP contribution in [0.15, 0.2) is 35.9 Å². The Balaban J connectivity index is 2.15. The summed E-state index contributed by atoms with van der Waals surface area (Å²) in [5.41, 5.74) is 0.305. The molecule has 4 atom stereocenters. The van der Waals surface area contributed by atoms with E-state index in [1.165, 1.54) is 0 Å². The maximum Gasteiger partial charge on any atom is 0.149 e. The van der Waals surface area contributed by atoms with Gasteiger partial charge in [0.1, 0.15) is 5.78 Å². The van der Waals surface area contributed by atoms with Gasteiger partial charge in [-0.2, -0.15) is 0 Å². The number of aliphatic hydroxyl groups is 1. The number of fused-ring (bicyclic) bond motifs is 2. The lowest BCUT2D eigenvalue weighted by Gasteiger charge is -2.42. The largest absolute Gasteiger partial charge is 0.388 e. The van der Waals surface area contributed by atoms with E-state index >= 15 is 0 Å². The number of Topliss-reactive ketones (excluding diaryl/α,β-unsaturated/α-hetero) is 1. The molecule has 2 aliphatic carbocycles. The first-order valence-electron chi connectivity index (χ1n) is 10.8. The van der Waals surface area contributed by atoms with Crippen molar-refractivity contribution in [2.24, 2.45) is 22.7 Å². The number of unbranched alkanes of at least 4 members (excludes halogenated alkanes) is 2. The number of carbonyl (C=O) groups excluding carboxylic acids is 1. The van der Waals surface area contributed by atoms with E-state index in [-0.39, 0.29) is 17.6 Å². The van der Waals surface area contributed by atoms with Crippen molar-refractivity contribution in [3.63, 3.8) is 0 Å². The van der Waals surface area contributed by atoms with Gasteiger partial charge in [-0.15, -0.1) is 0 Å². The van der Waals surface area contributed by atoms with Gasteiger partial charge in [0.2, 0.25) is 0 Å². The summed E-state index contributed by atoms with van der Waals surface area (Å²) in [6.07, 6.45) is 8.23. The highest BCUT2D eigenvalue weighted by molar-refractivity contribution is 5.98. The quantitative estimate of drug-likeness (QED) is 0.637. The molecule has 4 unspecified atom stereocenters. The van der Waals surface area contributed by atoms with Crippen LogP contribution in [0.25, 0.3) is 6.08 Å². The average molecular weight is 369 g/mol. The van der Waals surface area contributed by atoms with Gasteiger partial charge in [0.15, 0.2) is 0 Å². The van der Waals surface area contributed by atoms with Crippen LogP contribution in [-0.4, -0.2) is 16.5 Å². The molecule has 3 rings (SSSR count). The maximum atomic E-state index is 13.6. The van der Waals surface area contributed by atoms with E-state index in [4.69, 9.17) is 0 Å². The highest BCUT2D eigenvalue weighted by atomic mass is 16.3. The summed E-state index contributed by atoms with van der Waals surface area (Å²) in [5.74, 6) is 0.0998. The van der Waals surface area contributed by atoms with Crippen molar-refractivity contribution in [1.29, 1.82) is 0 Å². The van der Waals surface area contributed by atoms with Crippen molar-refractivity contribution in [2.45, 2.75) is 78.7 Å². The normalized spacial score (nSPS) is 35.9. The molecule has 0 spiro atoms.